The zero-order valence-corrected chi connectivity index (χ0v) is 21.5. The SMILES string of the molecule is CC(NC(=O)c1cc(Cl)cc(Br)c1C1(Cl)C=CC=NC1n1nc(Br)cc1C(N)=O)C1CC1. The third-order valence-electron chi connectivity index (χ3n) is 5.59. The number of nitrogens with one attached hydrogen (secondary N) is 1. The van der Waals surface area contributed by atoms with Gasteiger partial charge in [0.05, 0.1) is 0 Å². The van der Waals surface area contributed by atoms with Gasteiger partial charge in [0.2, 0.25) is 0 Å². The number of carbonyl (C=O) groups excluding carboxylic acids is 2. The summed E-state index contributed by atoms with van der Waals surface area (Å²) >= 11 is 20.3. The number of primary amides is 1. The average Bonchev–Trinajstić information content (AvgIpc) is 3.49. The fourth-order valence-electron chi connectivity index (χ4n) is 3.84. The number of hydrogen-bond donors (Lipinski definition) is 2. The Morgan fingerprint density at radius 1 is 1.31 bits per heavy atom. The summed E-state index contributed by atoms with van der Waals surface area (Å²) in [5.74, 6) is -0.499. The zero-order valence-electron chi connectivity index (χ0n) is 16.9. The molecule has 3 atom stereocenters. The van der Waals surface area contributed by atoms with Crippen LogP contribution in [0.2, 0.25) is 5.02 Å². The lowest BCUT2D eigenvalue weighted by Crippen LogP contribution is -2.39. The minimum Gasteiger partial charge on any atom is -0.364 e. The largest absolute Gasteiger partial charge is 0.364 e. The number of allylic oxidation sites excluding steroid dienone is 1. The van der Waals surface area contributed by atoms with Crippen molar-refractivity contribution in [2.24, 2.45) is 16.6 Å². The number of nitrogens with two attached hydrogens (primary N) is 1. The maximum absolute atomic E-state index is 13.3. The van der Waals surface area contributed by atoms with Crippen LogP contribution in [0, 0.1) is 5.92 Å². The molecule has 1 aliphatic carbocycles. The minimum atomic E-state index is -1.37. The van der Waals surface area contributed by atoms with Gasteiger partial charge in [-0.25, -0.2) is 4.68 Å². The van der Waals surface area contributed by atoms with Crippen molar-refractivity contribution >= 4 is 73.1 Å². The van der Waals surface area contributed by atoms with E-state index in [2.05, 4.69) is 47.3 Å². The van der Waals surface area contributed by atoms with Gasteiger partial charge < -0.3 is 11.1 Å². The third-order valence-corrected chi connectivity index (χ3v) is 7.33. The molecule has 11 heteroatoms. The predicted octanol–water partition coefficient (Wildman–Crippen LogP) is 4.96. The van der Waals surface area contributed by atoms with Gasteiger partial charge in [-0.2, -0.15) is 5.10 Å². The van der Waals surface area contributed by atoms with Gasteiger partial charge in [-0.3, -0.25) is 14.6 Å². The number of alkyl halides is 1. The highest BCUT2D eigenvalue weighted by Gasteiger charge is 2.45. The summed E-state index contributed by atoms with van der Waals surface area (Å²) in [7, 11) is 0. The highest BCUT2D eigenvalue weighted by atomic mass is 79.9. The Kier molecular flexibility index (Phi) is 6.55. The standard InChI is InChI=1S/C21H19Br2Cl2N5O2/c1-10(11-3-4-11)28-19(32)13-7-12(24)8-14(22)17(13)21(25)5-2-6-27-20(21)30-15(18(26)31)9-16(23)29-30/h2,5-11,20H,3-4H2,1H3,(H2,26,31)(H,28,32). The molecule has 2 aliphatic rings. The van der Waals surface area contributed by atoms with E-state index < -0.39 is 16.9 Å². The summed E-state index contributed by atoms with van der Waals surface area (Å²) in [4.78, 5) is 28.5. The highest BCUT2D eigenvalue weighted by Crippen LogP contribution is 2.49. The first kappa shape index (κ1) is 23.5. The number of aliphatic imine (C=N–C) groups is 1. The molecule has 1 aromatic carbocycles. The number of amides is 2. The quantitative estimate of drug-likeness (QED) is 0.456. The summed E-state index contributed by atoms with van der Waals surface area (Å²) in [6.07, 6.45) is 6.24. The number of rotatable bonds is 6. The molecule has 3 unspecified atom stereocenters. The summed E-state index contributed by atoms with van der Waals surface area (Å²) in [5, 5.41) is 7.77. The molecule has 0 bridgehead atoms. The van der Waals surface area contributed by atoms with Crippen molar-refractivity contribution < 1.29 is 9.59 Å². The highest BCUT2D eigenvalue weighted by molar-refractivity contribution is 9.10. The fourth-order valence-corrected chi connectivity index (χ4v) is 5.90. The van der Waals surface area contributed by atoms with E-state index in [1.54, 1.807) is 30.5 Å². The van der Waals surface area contributed by atoms with E-state index in [-0.39, 0.29) is 17.6 Å². The van der Waals surface area contributed by atoms with E-state index in [4.69, 9.17) is 28.9 Å². The van der Waals surface area contributed by atoms with E-state index in [1.165, 1.54) is 10.7 Å². The number of dihydropyridines is 1. The molecule has 1 aliphatic heterocycles. The predicted molar refractivity (Wildman–Crippen MR) is 131 cm³/mol. The summed E-state index contributed by atoms with van der Waals surface area (Å²) in [6.45, 7) is 1.99. The monoisotopic (exact) mass is 601 g/mol. The van der Waals surface area contributed by atoms with Crippen LogP contribution in [0.1, 0.15) is 52.3 Å². The molecule has 2 heterocycles. The van der Waals surface area contributed by atoms with Gasteiger partial charge in [-0.1, -0.05) is 33.6 Å². The second-order valence-electron chi connectivity index (χ2n) is 7.87. The Hall–Kier alpha value is -1.68. The van der Waals surface area contributed by atoms with Crippen LogP contribution in [-0.2, 0) is 4.87 Å². The summed E-state index contributed by atoms with van der Waals surface area (Å²) in [6, 6.07) is 4.77. The first-order chi connectivity index (χ1) is 15.1. The van der Waals surface area contributed by atoms with Gasteiger partial charge in [0, 0.05) is 38.9 Å². The van der Waals surface area contributed by atoms with Crippen LogP contribution in [0.15, 0.2) is 44.4 Å². The topological polar surface area (TPSA) is 102 Å². The first-order valence-corrected chi connectivity index (χ1v) is 12.2. The third kappa shape index (κ3) is 4.40. The zero-order chi connectivity index (χ0) is 23.2. The van der Waals surface area contributed by atoms with Crippen LogP contribution in [0.5, 0.6) is 0 Å². The average molecular weight is 604 g/mol. The molecule has 3 N–H and O–H groups in total. The molecule has 0 saturated heterocycles. The molecule has 0 radical (unpaired) electrons. The summed E-state index contributed by atoms with van der Waals surface area (Å²) < 4.78 is 2.29. The Labute approximate surface area is 211 Å². The molecule has 7 nitrogen and oxygen atoms in total. The van der Waals surface area contributed by atoms with Crippen molar-refractivity contribution in [1.82, 2.24) is 15.1 Å². The molecule has 1 fully saturated rings. The molecule has 168 valence electrons. The lowest BCUT2D eigenvalue weighted by atomic mass is 9.88. The second kappa shape index (κ2) is 8.93. The van der Waals surface area contributed by atoms with E-state index in [0.717, 1.165) is 12.8 Å². The van der Waals surface area contributed by atoms with Crippen molar-refractivity contribution in [3.63, 3.8) is 0 Å². The molecule has 1 aromatic heterocycles. The van der Waals surface area contributed by atoms with Gasteiger partial charge in [0.1, 0.15) is 15.2 Å². The number of aromatic nitrogens is 2. The molecular weight excluding hydrogens is 585 g/mol. The Morgan fingerprint density at radius 2 is 2.03 bits per heavy atom. The minimum absolute atomic E-state index is 0.0265. The molecule has 2 aromatic rings. The fraction of sp³-hybridized carbons (Fsp3) is 0.333. The van der Waals surface area contributed by atoms with Crippen molar-refractivity contribution in [3.8, 4) is 0 Å². The Balaban J connectivity index is 1.85. The van der Waals surface area contributed by atoms with Gasteiger partial charge in [0.15, 0.2) is 6.17 Å². The van der Waals surface area contributed by atoms with E-state index >= 15 is 0 Å². The molecular formula is C21H19Br2Cl2N5O2. The van der Waals surface area contributed by atoms with Crippen molar-refractivity contribution in [3.05, 3.63) is 61.3 Å². The molecule has 2 amide bonds. The van der Waals surface area contributed by atoms with Gasteiger partial charge in [-0.15, -0.1) is 11.6 Å². The molecule has 1 saturated carbocycles. The van der Waals surface area contributed by atoms with Gasteiger partial charge in [-0.05, 0) is 59.8 Å². The second-order valence-corrected chi connectivity index (χ2v) is 10.6. The van der Waals surface area contributed by atoms with Crippen LogP contribution in [-0.4, -0.2) is 33.9 Å². The number of nitrogens with zero attached hydrogens (tertiary/aromatic N) is 3. The van der Waals surface area contributed by atoms with E-state index in [0.29, 0.717) is 31.1 Å². The Morgan fingerprint density at radius 3 is 2.69 bits per heavy atom. The van der Waals surface area contributed by atoms with Crippen LogP contribution in [0.3, 0.4) is 0 Å². The van der Waals surface area contributed by atoms with Crippen molar-refractivity contribution in [2.75, 3.05) is 0 Å². The lowest BCUT2D eigenvalue weighted by Gasteiger charge is -2.35. The van der Waals surface area contributed by atoms with Gasteiger partial charge in [0.25, 0.3) is 11.8 Å². The maximum atomic E-state index is 13.3. The summed E-state index contributed by atoms with van der Waals surface area (Å²) in [5.41, 5.74) is 6.45. The number of halogens is 4. The van der Waals surface area contributed by atoms with Crippen molar-refractivity contribution in [2.45, 2.75) is 36.8 Å². The normalized spacial score (nSPS) is 23.2. The number of hydrogen-bond acceptors (Lipinski definition) is 4. The van der Waals surface area contributed by atoms with Crippen LogP contribution in [0.25, 0.3) is 0 Å². The lowest BCUT2D eigenvalue weighted by molar-refractivity contribution is 0.0931. The van der Waals surface area contributed by atoms with Crippen LogP contribution in [0.4, 0.5) is 0 Å². The van der Waals surface area contributed by atoms with Crippen LogP contribution < -0.4 is 11.1 Å². The Bertz CT molecular complexity index is 1160. The van der Waals surface area contributed by atoms with E-state index in [1.807, 2.05) is 6.92 Å². The van der Waals surface area contributed by atoms with Crippen molar-refractivity contribution in [1.29, 1.82) is 0 Å². The smallest absolute Gasteiger partial charge is 0.267 e. The number of carbonyl (C=O) groups is 2. The number of benzene rings is 1. The molecule has 32 heavy (non-hydrogen) atoms. The van der Waals surface area contributed by atoms with E-state index in [9.17, 15) is 9.59 Å². The van der Waals surface area contributed by atoms with Gasteiger partial charge >= 0.3 is 0 Å². The van der Waals surface area contributed by atoms with Crippen LogP contribution >= 0.6 is 55.1 Å². The maximum Gasteiger partial charge on any atom is 0.267 e. The molecule has 0 spiro atoms. The molecule has 4 rings (SSSR count). The first-order valence-electron chi connectivity index (χ1n) is 9.87.